The van der Waals surface area contributed by atoms with Crippen LogP contribution in [0.2, 0.25) is 0 Å². The second-order valence-corrected chi connectivity index (χ2v) is 8.99. The summed E-state index contributed by atoms with van der Waals surface area (Å²) in [5.41, 5.74) is 3.73. The van der Waals surface area contributed by atoms with Crippen LogP contribution in [-0.2, 0) is 9.84 Å². The standard InChI is InChI=1S/C19H20N2O3S/c1-13-8-9-16(10-14(13)2)21-18-12-25(23,24)11-17(18)20(19(21)22)15-6-4-3-5-7-15/h3-10,17-18H,11-12H2,1-2H3/t17-,18+/m0/s1. The highest BCUT2D eigenvalue weighted by Gasteiger charge is 2.54. The van der Waals surface area contributed by atoms with Gasteiger partial charge in [-0.15, -0.1) is 0 Å². The van der Waals surface area contributed by atoms with Gasteiger partial charge in [-0.3, -0.25) is 9.80 Å². The lowest BCUT2D eigenvalue weighted by Crippen LogP contribution is -2.37. The summed E-state index contributed by atoms with van der Waals surface area (Å²) in [6.07, 6.45) is 0. The predicted molar refractivity (Wildman–Crippen MR) is 98.9 cm³/mol. The van der Waals surface area contributed by atoms with Gasteiger partial charge in [0, 0.05) is 11.4 Å². The van der Waals surface area contributed by atoms with E-state index in [1.165, 1.54) is 0 Å². The summed E-state index contributed by atoms with van der Waals surface area (Å²) < 4.78 is 24.5. The van der Waals surface area contributed by atoms with E-state index in [-0.39, 0.29) is 29.6 Å². The molecule has 0 unspecified atom stereocenters. The zero-order valence-electron chi connectivity index (χ0n) is 14.2. The van der Waals surface area contributed by atoms with E-state index in [4.69, 9.17) is 0 Å². The molecule has 2 aromatic carbocycles. The number of carbonyl (C=O) groups excluding carboxylic acids is 1. The van der Waals surface area contributed by atoms with Crippen LogP contribution in [0.15, 0.2) is 48.5 Å². The maximum Gasteiger partial charge on any atom is 0.329 e. The first-order chi connectivity index (χ1) is 11.9. The normalized spacial score (nSPS) is 24.6. The van der Waals surface area contributed by atoms with E-state index in [9.17, 15) is 13.2 Å². The van der Waals surface area contributed by atoms with Gasteiger partial charge in [0.25, 0.3) is 0 Å². The minimum absolute atomic E-state index is 0.0135. The Kier molecular flexibility index (Phi) is 3.61. The van der Waals surface area contributed by atoms with Crippen molar-refractivity contribution in [1.29, 1.82) is 0 Å². The van der Waals surface area contributed by atoms with Gasteiger partial charge >= 0.3 is 6.03 Å². The second kappa shape index (κ2) is 5.59. The molecule has 0 N–H and O–H groups in total. The number of sulfone groups is 1. The molecule has 2 aliphatic heterocycles. The Morgan fingerprint density at radius 3 is 2.04 bits per heavy atom. The van der Waals surface area contributed by atoms with Crippen LogP contribution in [0.1, 0.15) is 11.1 Å². The molecule has 5 nitrogen and oxygen atoms in total. The number of hydrogen-bond acceptors (Lipinski definition) is 3. The number of benzene rings is 2. The van der Waals surface area contributed by atoms with Crippen LogP contribution in [0.4, 0.5) is 16.2 Å². The Morgan fingerprint density at radius 2 is 1.44 bits per heavy atom. The SMILES string of the molecule is Cc1ccc(N2C(=O)N(c3ccccc3)[C@H]3CS(=O)(=O)C[C@H]32)cc1C. The molecule has 2 saturated heterocycles. The van der Waals surface area contributed by atoms with Gasteiger partial charge in [0.15, 0.2) is 9.84 Å². The van der Waals surface area contributed by atoms with Crippen LogP contribution in [0.25, 0.3) is 0 Å². The molecule has 2 atom stereocenters. The van der Waals surface area contributed by atoms with Crippen molar-refractivity contribution in [2.24, 2.45) is 0 Å². The molecule has 6 heteroatoms. The third kappa shape index (κ3) is 2.61. The summed E-state index contributed by atoms with van der Waals surface area (Å²) >= 11 is 0. The molecular weight excluding hydrogens is 336 g/mol. The minimum Gasteiger partial charge on any atom is -0.288 e. The molecule has 2 heterocycles. The fraction of sp³-hybridized carbons (Fsp3) is 0.316. The van der Waals surface area contributed by atoms with Gasteiger partial charge in [0.05, 0.1) is 23.6 Å². The van der Waals surface area contributed by atoms with Crippen molar-refractivity contribution in [1.82, 2.24) is 0 Å². The Balaban J connectivity index is 1.82. The highest BCUT2D eigenvalue weighted by atomic mass is 32.2. The van der Waals surface area contributed by atoms with Gasteiger partial charge in [-0.25, -0.2) is 13.2 Å². The molecule has 0 aliphatic carbocycles. The lowest BCUT2D eigenvalue weighted by atomic mass is 10.1. The zero-order chi connectivity index (χ0) is 17.8. The zero-order valence-corrected chi connectivity index (χ0v) is 15.0. The van der Waals surface area contributed by atoms with E-state index in [0.717, 1.165) is 22.5 Å². The van der Waals surface area contributed by atoms with Crippen LogP contribution in [0.3, 0.4) is 0 Å². The van der Waals surface area contributed by atoms with Gasteiger partial charge in [0.1, 0.15) is 0 Å². The number of urea groups is 1. The largest absolute Gasteiger partial charge is 0.329 e. The number of carbonyl (C=O) groups is 1. The molecule has 2 amide bonds. The molecule has 130 valence electrons. The summed E-state index contributed by atoms with van der Waals surface area (Å²) in [6, 6.07) is 14.3. The van der Waals surface area contributed by atoms with Gasteiger partial charge in [0.2, 0.25) is 0 Å². The number of amides is 2. The smallest absolute Gasteiger partial charge is 0.288 e. The van der Waals surface area contributed by atoms with Gasteiger partial charge in [-0.2, -0.15) is 0 Å². The van der Waals surface area contributed by atoms with E-state index in [1.807, 2.05) is 62.4 Å². The molecule has 2 fully saturated rings. The quantitative estimate of drug-likeness (QED) is 0.778. The Morgan fingerprint density at radius 1 is 0.840 bits per heavy atom. The number of fused-ring (bicyclic) bond motifs is 1. The average molecular weight is 356 g/mol. The second-order valence-electron chi connectivity index (χ2n) is 6.84. The van der Waals surface area contributed by atoms with Crippen LogP contribution in [-0.4, -0.2) is 38.0 Å². The van der Waals surface area contributed by atoms with E-state index in [1.54, 1.807) is 9.80 Å². The molecule has 0 spiro atoms. The molecule has 0 radical (unpaired) electrons. The minimum atomic E-state index is -3.16. The molecule has 2 aliphatic rings. The Hall–Kier alpha value is -2.34. The molecule has 4 rings (SSSR count). The van der Waals surface area contributed by atoms with Crippen molar-refractivity contribution < 1.29 is 13.2 Å². The summed E-state index contributed by atoms with van der Waals surface area (Å²) in [4.78, 5) is 16.5. The van der Waals surface area contributed by atoms with E-state index >= 15 is 0 Å². The third-order valence-electron chi connectivity index (χ3n) is 5.17. The van der Waals surface area contributed by atoms with Crippen LogP contribution in [0.5, 0.6) is 0 Å². The molecule has 0 saturated carbocycles. The van der Waals surface area contributed by atoms with Crippen molar-refractivity contribution in [3.8, 4) is 0 Å². The fourth-order valence-electron chi connectivity index (χ4n) is 3.77. The first-order valence-electron chi connectivity index (χ1n) is 8.32. The summed E-state index contributed by atoms with van der Waals surface area (Å²) in [7, 11) is -3.16. The molecule has 25 heavy (non-hydrogen) atoms. The molecular formula is C19H20N2O3S. The van der Waals surface area contributed by atoms with Crippen molar-refractivity contribution in [2.75, 3.05) is 21.3 Å². The van der Waals surface area contributed by atoms with Crippen LogP contribution in [0, 0.1) is 13.8 Å². The maximum atomic E-state index is 13.2. The van der Waals surface area contributed by atoms with E-state index in [2.05, 4.69) is 0 Å². The van der Waals surface area contributed by atoms with Crippen molar-refractivity contribution in [3.63, 3.8) is 0 Å². The number of anilines is 2. The number of nitrogens with zero attached hydrogens (tertiary/aromatic N) is 2. The topological polar surface area (TPSA) is 57.7 Å². The summed E-state index contributed by atoms with van der Waals surface area (Å²) in [5.74, 6) is 0.0271. The third-order valence-corrected chi connectivity index (χ3v) is 6.87. The van der Waals surface area contributed by atoms with E-state index in [0.29, 0.717) is 0 Å². The van der Waals surface area contributed by atoms with Crippen LogP contribution < -0.4 is 9.80 Å². The van der Waals surface area contributed by atoms with Gasteiger partial charge < -0.3 is 0 Å². The van der Waals surface area contributed by atoms with Crippen molar-refractivity contribution >= 4 is 27.2 Å². The number of aryl methyl sites for hydroxylation is 2. The predicted octanol–water partition coefficient (Wildman–Crippen LogP) is 2.92. The van der Waals surface area contributed by atoms with Crippen molar-refractivity contribution in [3.05, 3.63) is 59.7 Å². The van der Waals surface area contributed by atoms with Crippen LogP contribution >= 0.6 is 0 Å². The Bertz CT molecular complexity index is 940. The highest BCUT2D eigenvalue weighted by molar-refractivity contribution is 7.91. The summed E-state index contributed by atoms with van der Waals surface area (Å²) in [5, 5.41) is 0. The molecule has 2 aromatic rings. The number of hydrogen-bond donors (Lipinski definition) is 0. The highest BCUT2D eigenvalue weighted by Crippen LogP contribution is 2.38. The number of rotatable bonds is 2. The maximum absolute atomic E-state index is 13.2. The summed E-state index contributed by atoms with van der Waals surface area (Å²) in [6.45, 7) is 4.02. The molecule has 0 aromatic heterocycles. The lowest BCUT2D eigenvalue weighted by molar-refractivity contribution is 0.255. The lowest BCUT2D eigenvalue weighted by Gasteiger charge is -2.23. The first kappa shape index (κ1) is 16.1. The Labute approximate surface area is 147 Å². The van der Waals surface area contributed by atoms with E-state index < -0.39 is 9.84 Å². The number of para-hydroxylation sites is 1. The first-order valence-corrected chi connectivity index (χ1v) is 10.1. The average Bonchev–Trinajstić information content (AvgIpc) is 3.00. The van der Waals surface area contributed by atoms with Gasteiger partial charge in [-0.05, 0) is 49.2 Å². The fourth-order valence-corrected chi connectivity index (χ4v) is 5.69. The van der Waals surface area contributed by atoms with Gasteiger partial charge in [-0.1, -0.05) is 24.3 Å². The molecule has 0 bridgehead atoms. The monoisotopic (exact) mass is 356 g/mol. The van der Waals surface area contributed by atoms with Crippen molar-refractivity contribution in [2.45, 2.75) is 25.9 Å².